The Morgan fingerprint density at radius 2 is 2.06 bits per heavy atom. The van der Waals surface area contributed by atoms with E-state index in [4.69, 9.17) is 25.8 Å². The first-order chi connectivity index (χ1) is 15.1. The van der Waals surface area contributed by atoms with Crippen molar-refractivity contribution in [1.82, 2.24) is 19.5 Å². The molecule has 0 spiro atoms. The predicted octanol–water partition coefficient (Wildman–Crippen LogP) is 1.38. The SMILES string of the molecule is O[C@@H]1[C@H](O)[C@H](n2cnc3c(NC4CCOC4)ncnc32)O[C@@H]1COc1ccccc1Cl. The minimum atomic E-state index is -1.19. The molecule has 3 aromatic rings. The van der Waals surface area contributed by atoms with Crippen molar-refractivity contribution >= 4 is 28.6 Å². The molecule has 0 aliphatic carbocycles. The number of anilines is 1. The maximum atomic E-state index is 10.6. The van der Waals surface area contributed by atoms with E-state index in [1.165, 1.54) is 12.7 Å². The maximum absolute atomic E-state index is 10.6. The van der Waals surface area contributed by atoms with Gasteiger partial charge in [-0.1, -0.05) is 23.7 Å². The molecule has 5 rings (SSSR count). The van der Waals surface area contributed by atoms with Gasteiger partial charge in [-0.3, -0.25) is 4.57 Å². The fourth-order valence-corrected chi connectivity index (χ4v) is 4.01. The second-order valence-electron chi connectivity index (χ2n) is 7.54. The number of para-hydroxylation sites is 1. The molecule has 2 aliphatic rings. The van der Waals surface area contributed by atoms with E-state index >= 15 is 0 Å². The lowest BCUT2D eigenvalue weighted by Crippen LogP contribution is -2.34. The van der Waals surface area contributed by atoms with Gasteiger partial charge in [-0.15, -0.1) is 0 Å². The molecule has 2 aromatic heterocycles. The van der Waals surface area contributed by atoms with E-state index in [2.05, 4.69) is 20.3 Å². The zero-order chi connectivity index (χ0) is 21.4. The number of ether oxygens (including phenoxy) is 3. The first kappa shape index (κ1) is 20.4. The molecule has 0 radical (unpaired) electrons. The Morgan fingerprint density at radius 3 is 2.87 bits per heavy atom. The van der Waals surface area contributed by atoms with Gasteiger partial charge in [0, 0.05) is 6.61 Å². The Hall–Kier alpha value is -2.50. The maximum Gasteiger partial charge on any atom is 0.167 e. The Kier molecular flexibility index (Phi) is 5.63. The molecule has 31 heavy (non-hydrogen) atoms. The molecule has 2 saturated heterocycles. The molecular formula is C20H22ClN5O5. The number of halogens is 1. The number of benzene rings is 1. The van der Waals surface area contributed by atoms with Gasteiger partial charge in [-0.2, -0.15) is 0 Å². The summed E-state index contributed by atoms with van der Waals surface area (Å²) < 4.78 is 18.6. The first-order valence-electron chi connectivity index (χ1n) is 10.0. The summed E-state index contributed by atoms with van der Waals surface area (Å²) in [5, 5.41) is 24.9. The average molecular weight is 448 g/mol. The van der Waals surface area contributed by atoms with Gasteiger partial charge in [-0.05, 0) is 18.6 Å². The lowest BCUT2D eigenvalue weighted by atomic mass is 10.1. The van der Waals surface area contributed by atoms with Crippen molar-refractivity contribution in [3.8, 4) is 5.75 Å². The van der Waals surface area contributed by atoms with Gasteiger partial charge in [-0.25, -0.2) is 15.0 Å². The third-order valence-corrected chi connectivity index (χ3v) is 5.79. The van der Waals surface area contributed by atoms with Crippen LogP contribution in [0.3, 0.4) is 0 Å². The molecule has 0 saturated carbocycles. The number of imidazole rings is 1. The van der Waals surface area contributed by atoms with Crippen LogP contribution in [0.15, 0.2) is 36.9 Å². The molecular weight excluding hydrogens is 426 g/mol. The molecule has 2 aliphatic heterocycles. The quantitative estimate of drug-likeness (QED) is 0.514. The van der Waals surface area contributed by atoms with Gasteiger partial charge in [0.2, 0.25) is 0 Å². The van der Waals surface area contributed by atoms with E-state index in [0.29, 0.717) is 41.0 Å². The number of aliphatic hydroxyl groups is 2. The predicted molar refractivity (Wildman–Crippen MR) is 111 cm³/mol. The zero-order valence-corrected chi connectivity index (χ0v) is 17.2. The van der Waals surface area contributed by atoms with Crippen LogP contribution in [-0.2, 0) is 9.47 Å². The molecule has 10 nitrogen and oxygen atoms in total. The van der Waals surface area contributed by atoms with Gasteiger partial charge in [0.05, 0.1) is 24.0 Å². The molecule has 11 heteroatoms. The highest BCUT2D eigenvalue weighted by molar-refractivity contribution is 6.32. The van der Waals surface area contributed by atoms with Crippen LogP contribution in [0.5, 0.6) is 5.75 Å². The summed E-state index contributed by atoms with van der Waals surface area (Å²) >= 11 is 6.11. The van der Waals surface area contributed by atoms with E-state index in [0.717, 1.165) is 6.42 Å². The molecule has 4 heterocycles. The van der Waals surface area contributed by atoms with E-state index in [9.17, 15) is 10.2 Å². The van der Waals surface area contributed by atoms with Gasteiger partial charge >= 0.3 is 0 Å². The number of aromatic nitrogens is 4. The van der Waals surface area contributed by atoms with Crippen LogP contribution in [0.2, 0.25) is 5.02 Å². The number of nitrogens with zero attached hydrogens (tertiary/aromatic N) is 4. The molecule has 0 bridgehead atoms. The van der Waals surface area contributed by atoms with Gasteiger partial charge in [0.1, 0.15) is 37.0 Å². The third-order valence-electron chi connectivity index (χ3n) is 5.48. The van der Waals surface area contributed by atoms with E-state index in [1.807, 2.05) is 0 Å². The van der Waals surface area contributed by atoms with E-state index < -0.39 is 24.5 Å². The molecule has 0 amide bonds. The summed E-state index contributed by atoms with van der Waals surface area (Å²) in [4.78, 5) is 13.0. The lowest BCUT2D eigenvalue weighted by Gasteiger charge is -2.17. The monoisotopic (exact) mass is 447 g/mol. The fourth-order valence-electron chi connectivity index (χ4n) is 3.82. The third kappa shape index (κ3) is 3.92. The fraction of sp³-hybridized carbons (Fsp3) is 0.450. The standard InChI is InChI=1S/C20H22ClN5O5/c21-12-3-1-2-4-13(12)30-8-14-16(27)17(28)20(31-14)26-10-24-15-18(22-9-23-19(15)26)25-11-5-6-29-7-11/h1-4,9-11,14,16-17,20,27-28H,5-8H2,(H,22,23,25)/t11?,14-,16+,17+,20-/m1/s1. The number of hydrogen-bond donors (Lipinski definition) is 3. The van der Waals surface area contributed by atoms with Crippen LogP contribution in [0.4, 0.5) is 5.82 Å². The highest BCUT2D eigenvalue weighted by Gasteiger charge is 2.44. The number of rotatable bonds is 6. The summed E-state index contributed by atoms with van der Waals surface area (Å²) in [6.45, 7) is 1.34. The Labute approximate surface area is 182 Å². The topological polar surface area (TPSA) is 124 Å². The average Bonchev–Trinajstić information content (AvgIpc) is 3.50. The van der Waals surface area contributed by atoms with Crippen LogP contribution in [0.1, 0.15) is 12.6 Å². The van der Waals surface area contributed by atoms with Crippen molar-refractivity contribution in [3.63, 3.8) is 0 Å². The van der Waals surface area contributed by atoms with Crippen molar-refractivity contribution in [2.45, 2.75) is 37.0 Å². The van der Waals surface area contributed by atoms with Crippen LogP contribution in [0.25, 0.3) is 11.2 Å². The number of nitrogens with one attached hydrogen (secondary N) is 1. The minimum Gasteiger partial charge on any atom is -0.489 e. The zero-order valence-electron chi connectivity index (χ0n) is 16.5. The van der Waals surface area contributed by atoms with Crippen molar-refractivity contribution in [2.24, 2.45) is 0 Å². The largest absolute Gasteiger partial charge is 0.489 e. The minimum absolute atomic E-state index is 0.0224. The number of hydrogen-bond acceptors (Lipinski definition) is 9. The molecule has 5 atom stereocenters. The van der Waals surface area contributed by atoms with Gasteiger partial charge in [0.15, 0.2) is 23.2 Å². The van der Waals surface area contributed by atoms with Gasteiger partial charge in [0.25, 0.3) is 0 Å². The van der Waals surface area contributed by atoms with E-state index in [-0.39, 0.29) is 12.6 Å². The number of fused-ring (bicyclic) bond motifs is 1. The smallest absolute Gasteiger partial charge is 0.167 e. The second-order valence-corrected chi connectivity index (χ2v) is 7.95. The van der Waals surface area contributed by atoms with Crippen molar-refractivity contribution in [2.75, 3.05) is 25.1 Å². The normalized spacial score (nSPS) is 28.3. The molecule has 1 aromatic carbocycles. The Balaban J connectivity index is 1.34. The summed E-state index contributed by atoms with van der Waals surface area (Å²) in [6.07, 6.45) is -0.147. The summed E-state index contributed by atoms with van der Waals surface area (Å²) in [5.74, 6) is 1.07. The molecule has 2 fully saturated rings. The Bertz CT molecular complexity index is 1060. The Morgan fingerprint density at radius 1 is 1.19 bits per heavy atom. The molecule has 3 N–H and O–H groups in total. The summed E-state index contributed by atoms with van der Waals surface area (Å²) in [7, 11) is 0. The van der Waals surface area contributed by atoms with Crippen molar-refractivity contribution in [1.29, 1.82) is 0 Å². The van der Waals surface area contributed by atoms with E-state index in [1.54, 1.807) is 28.8 Å². The lowest BCUT2D eigenvalue weighted by molar-refractivity contribution is -0.0474. The first-order valence-corrected chi connectivity index (χ1v) is 10.4. The van der Waals surface area contributed by atoms with Crippen LogP contribution in [-0.4, -0.2) is 73.9 Å². The second kappa shape index (κ2) is 8.56. The van der Waals surface area contributed by atoms with Gasteiger partial charge < -0.3 is 29.7 Å². The van der Waals surface area contributed by atoms with Crippen LogP contribution < -0.4 is 10.1 Å². The van der Waals surface area contributed by atoms with Crippen molar-refractivity contribution in [3.05, 3.63) is 41.9 Å². The number of aliphatic hydroxyl groups excluding tert-OH is 2. The summed E-state index contributed by atoms with van der Waals surface area (Å²) in [5.41, 5.74) is 1.04. The highest BCUT2D eigenvalue weighted by Crippen LogP contribution is 2.33. The van der Waals surface area contributed by atoms with Crippen molar-refractivity contribution < 1.29 is 24.4 Å². The molecule has 1 unspecified atom stereocenters. The summed E-state index contributed by atoms with van der Waals surface area (Å²) in [6, 6.07) is 7.18. The highest BCUT2D eigenvalue weighted by atomic mass is 35.5. The molecule has 164 valence electrons. The van der Waals surface area contributed by atoms with Crippen LogP contribution >= 0.6 is 11.6 Å². The van der Waals surface area contributed by atoms with Crippen LogP contribution in [0, 0.1) is 0 Å².